The van der Waals surface area contributed by atoms with Crippen molar-refractivity contribution in [1.29, 1.82) is 0 Å². The van der Waals surface area contributed by atoms with E-state index >= 15 is 0 Å². The van der Waals surface area contributed by atoms with Gasteiger partial charge in [-0.15, -0.1) is 11.3 Å². The summed E-state index contributed by atoms with van der Waals surface area (Å²) in [6, 6.07) is 0. The number of hydrogen-bond acceptors (Lipinski definition) is 2. The number of carbonyl (C=O) groups excluding carboxylic acids is 1. The third-order valence-electron chi connectivity index (χ3n) is 3.27. The Hall–Kier alpha value is -0.630. The molecule has 1 aromatic rings. The molecule has 2 rings (SSSR count). The molecule has 0 fully saturated rings. The van der Waals surface area contributed by atoms with Crippen LogP contribution >= 0.6 is 11.3 Å². The molecule has 70 valence electrons. The van der Waals surface area contributed by atoms with Gasteiger partial charge >= 0.3 is 0 Å². The summed E-state index contributed by atoms with van der Waals surface area (Å²) in [5.41, 5.74) is 2.66. The van der Waals surface area contributed by atoms with Crippen molar-refractivity contribution in [3.05, 3.63) is 20.9 Å². The number of Topliss-reactive ketones (excluding diaryl/α,β-unsaturated/α-hetero) is 1. The molecule has 1 aliphatic carbocycles. The summed E-state index contributed by atoms with van der Waals surface area (Å²) in [6.07, 6.45) is 0. The first-order chi connectivity index (χ1) is 6.04. The van der Waals surface area contributed by atoms with Crippen LogP contribution < -0.4 is 0 Å². The minimum atomic E-state index is 0.195. The van der Waals surface area contributed by atoms with Gasteiger partial charge in [0.1, 0.15) is 0 Å². The number of fused-ring (bicyclic) bond motifs is 1. The van der Waals surface area contributed by atoms with Crippen LogP contribution in [0.4, 0.5) is 0 Å². The molecule has 0 aromatic carbocycles. The molecule has 0 amide bonds. The van der Waals surface area contributed by atoms with Gasteiger partial charge in [-0.2, -0.15) is 0 Å². The Kier molecular flexibility index (Phi) is 1.84. The van der Waals surface area contributed by atoms with Gasteiger partial charge < -0.3 is 0 Å². The fourth-order valence-corrected chi connectivity index (χ4v) is 3.36. The molecule has 2 atom stereocenters. The quantitative estimate of drug-likeness (QED) is 0.619. The monoisotopic (exact) mass is 194 g/mol. The van der Waals surface area contributed by atoms with Crippen molar-refractivity contribution in [2.45, 2.75) is 33.6 Å². The number of rotatable bonds is 0. The molecule has 0 saturated carbocycles. The van der Waals surface area contributed by atoms with Crippen LogP contribution in [0.15, 0.2) is 0 Å². The highest BCUT2D eigenvalue weighted by molar-refractivity contribution is 7.14. The van der Waals surface area contributed by atoms with Crippen LogP contribution in [0.5, 0.6) is 0 Å². The van der Waals surface area contributed by atoms with Crippen molar-refractivity contribution in [2.24, 2.45) is 5.92 Å². The average Bonchev–Trinajstić information content (AvgIpc) is 2.48. The lowest BCUT2D eigenvalue weighted by molar-refractivity contribution is 0.0940. The van der Waals surface area contributed by atoms with Crippen molar-refractivity contribution >= 4 is 17.1 Å². The largest absolute Gasteiger partial charge is 0.293 e. The zero-order chi connectivity index (χ0) is 9.75. The smallest absolute Gasteiger partial charge is 0.176 e. The minimum absolute atomic E-state index is 0.195. The van der Waals surface area contributed by atoms with E-state index in [1.54, 1.807) is 11.3 Å². The standard InChI is InChI=1S/C11H14OS/c1-5-6(2)10(12)11-9(5)7(3)8(4)13-11/h5-6H,1-4H3/t5-,6-/m1/s1. The van der Waals surface area contributed by atoms with Gasteiger partial charge in [0, 0.05) is 10.8 Å². The van der Waals surface area contributed by atoms with Crippen molar-refractivity contribution < 1.29 is 4.79 Å². The van der Waals surface area contributed by atoms with E-state index in [4.69, 9.17) is 0 Å². The topological polar surface area (TPSA) is 17.1 Å². The Morgan fingerprint density at radius 3 is 2.31 bits per heavy atom. The van der Waals surface area contributed by atoms with Crippen LogP contribution in [0.3, 0.4) is 0 Å². The third-order valence-corrected chi connectivity index (χ3v) is 4.51. The molecule has 1 nitrogen and oxygen atoms in total. The van der Waals surface area contributed by atoms with Crippen molar-refractivity contribution in [2.75, 3.05) is 0 Å². The van der Waals surface area contributed by atoms with Crippen LogP contribution in [0.1, 0.15) is 45.4 Å². The molecule has 1 aromatic heterocycles. The molecule has 0 N–H and O–H groups in total. The Morgan fingerprint density at radius 2 is 1.77 bits per heavy atom. The Balaban J connectivity index is 2.65. The molecule has 0 unspecified atom stereocenters. The van der Waals surface area contributed by atoms with Crippen LogP contribution in [0.2, 0.25) is 0 Å². The SMILES string of the molecule is Cc1sc2c(c1C)[C@H](C)[C@@H](C)C2=O. The maximum Gasteiger partial charge on any atom is 0.176 e. The molecular weight excluding hydrogens is 180 g/mol. The molecule has 0 bridgehead atoms. The summed E-state index contributed by atoms with van der Waals surface area (Å²) < 4.78 is 0. The second kappa shape index (κ2) is 2.68. The maximum atomic E-state index is 11.8. The summed E-state index contributed by atoms with van der Waals surface area (Å²) in [4.78, 5) is 14.1. The van der Waals surface area contributed by atoms with Gasteiger partial charge in [0.2, 0.25) is 0 Å². The highest BCUT2D eigenvalue weighted by Gasteiger charge is 2.37. The van der Waals surface area contributed by atoms with Gasteiger partial charge in [0.15, 0.2) is 5.78 Å². The first-order valence-corrected chi connectivity index (χ1v) is 5.49. The molecule has 1 heterocycles. The van der Waals surface area contributed by atoms with Crippen LogP contribution in [0.25, 0.3) is 0 Å². The molecule has 2 heteroatoms. The van der Waals surface area contributed by atoms with E-state index in [1.807, 2.05) is 6.92 Å². The molecule has 13 heavy (non-hydrogen) atoms. The lowest BCUT2D eigenvalue weighted by Gasteiger charge is -2.09. The van der Waals surface area contributed by atoms with E-state index in [-0.39, 0.29) is 5.92 Å². The summed E-state index contributed by atoms with van der Waals surface area (Å²) in [6.45, 7) is 8.43. The number of hydrogen-bond donors (Lipinski definition) is 0. The zero-order valence-corrected chi connectivity index (χ0v) is 9.29. The molecule has 0 radical (unpaired) electrons. The van der Waals surface area contributed by atoms with Crippen LogP contribution in [0, 0.1) is 19.8 Å². The fourth-order valence-electron chi connectivity index (χ4n) is 2.06. The zero-order valence-electron chi connectivity index (χ0n) is 8.47. The Morgan fingerprint density at radius 1 is 1.15 bits per heavy atom. The molecule has 0 spiro atoms. The number of carbonyl (C=O) groups is 1. The maximum absolute atomic E-state index is 11.8. The molecule has 0 saturated heterocycles. The third kappa shape index (κ3) is 1.01. The highest BCUT2D eigenvalue weighted by Crippen LogP contribution is 2.44. The van der Waals surface area contributed by atoms with E-state index in [1.165, 1.54) is 16.0 Å². The number of aryl methyl sites for hydroxylation is 1. The summed E-state index contributed by atoms with van der Waals surface area (Å²) >= 11 is 1.67. The van der Waals surface area contributed by atoms with Crippen LogP contribution in [-0.4, -0.2) is 5.78 Å². The van der Waals surface area contributed by atoms with E-state index < -0.39 is 0 Å². The van der Waals surface area contributed by atoms with Crippen LogP contribution in [-0.2, 0) is 0 Å². The second-order valence-corrected chi connectivity index (χ2v) is 5.19. The first kappa shape index (κ1) is 8.95. The average molecular weight is 194 g/mol. The van der Waals surface area contributed by atoms with Gasteiger partial charge in [0.25, 0.3) is 0 Å². The highest BCUT2D eigenvalue weighted by atomic mass is 32.1. The molecule has 1 aliphatic rings. The second-order valence-electron chi connectivity index (χ2n) is 3.97. The number of thiophene rings is 1. The van der Waals surface area contributed by atoms with Gasteiger partial charge in [-0.3, -0.25) is 4.79 Å². The van der Waals surface area contributed by atoms with E-state index in [0.717, 1.165) is 4.88 Å². The lowest BCUT2D eigenvalue weighted by Crippen LogP contribution is -2.06. The molecule has 0 aliphatic heterocycles. The van der Waals surface area contributed by atoms with E-state index in [2.05, 4.69) is 20.8 Å². The predicted molar refractivity (Wildman–Crippen MR) is 55.7 cm³/mol. The summed E-state index contributed by atoms with van der Waals surface area (Å²) in [7, 11) is 0. The van der Waals surface area contributed by atoms with Gasteiger partial charge in [-0.25, -0.2) is 0 Å². The molecular formula is C11H14OS. The van der Waals surface area contributed by atoms with E-state index in [0.29, 0.717) is 11.7 Å². The Bertz CT molecular complexity index is 376. The van der Waals surface area contributed by atoms with Crippen molar-refractivity contribution in [1.82, 2.24) is 0 Å². The normalized spacial score (nSPS) is 26.6. The summed E-state index contributed by atoms with van der Waals surface area (Å²) in [5, 5.41) is 0. The summed E-state index contributed by atoms with van der Waals surface area (Å²) in [5.74, 6) is 0.969. The van der Waals surface area contributed by atoms with E-state index in [9.17, 15) is 4.79 Å². The van der Waals surface area contributed by atoms with Crippen molar-refractivity contribution in [3.63, 3.8) is 0 Å². The van der Waals surface area contributed by atoms with Gasteiger partial charge in [-0.05, 0) is 30.9 Å². The van der Waals surface area contributed by atoms with Crippen molar-refractivity contribution in [3.8, 4) is 0 Å². The lowest BCUT2D eigenvalue weighted by atomic mass is 9.94. The number of ketones is 1. The first-order valence-electron chi connectivity index (χ1n) is 4.68. The Labute approximate surface area is 82.8 Å². The van der Waals surface area contributed by atoms with Gasteiger partial charge in [-0.1, -0.05) is 13.8 Å². The van der Waals surface area contributed by atoms with Gasteiger partial charge in [0.05, 0.1) is 4.88 Å². The fraction of sp³-hybridized carbons (Fsp3) is 0.545. The minimum Gasteiger partial charge on any atom is -0.293 e. The predicted octanol–water partition coefficient (Wildman–Crippen LogP) is 3.30.